The Labute approximate surface area is 147 Å². The second-order valence-corrected chi connectivity index (χ2v) is 7.05. The Morgan fingerprint density at radius 1 is 1.50 bits per heavy atom. The Balaban J connectivity index is 1.98. The van der Waals surface area contributed by atoms with Crippen molar-refractivity contribution in [3.8, 4) is 0 Å². The highest BCUT2D eigenvalue weighted by atomic mass is 35.5. The van der Waals surface area contributed by atoms with Crippen LogP contribution < -0.4 is 11.1 Å². The number of anilines is 1. The van der Waals surface area contributed by atoms with Crippen molar-refractivity contribution in [1.82, 2.24) is 9.88 Å². The molecule has 0 radical (unpaired) electrons. The van der Waals surface area contributed by atoms with Gasteiger partial charge in [-0.3, -0.25) is 9.59 Å². The van der Waals surface area contributed by atoms with Crippen molar-refractivity contribution in [1.29, 1.82) is 0 Å². The van der Waals surface area contributed by atoms with E-state index in [0.29, 0.717) is 30.4 Å². The van der Waals surface area contributed by atoms with E-state index in [1.54, 1.807) is 24.0 Å². The van der Waals surface area contributed by atoms with Gasteiger partial charge in [0, 0.05) is 19.3 Å². The van der Waals surface area contributed by atoms with Gasteiger partial charge in [0.25, 0.3) is 0 Å². The van der Waals surface area contributed by atoms with Crippen LogP contribution in [0.3, 0.4) is 0 Å². The van der Waals surface area contributed by atoms with Gasteiger partial charge >= 0.3 is 0 Å². The number of nitrogens with two attached hydrogens (primary N) is 1. The zero-order chi connectivity index (χ0) is 17.7. The van der Waals surface area contributed by atoms with Gasteiger partial charge in [0.2, 0.25) is 11.8 Å². The van der Waals surface area contributed by atoms with Crippen LogP contribution >= 0.6 is 11.6 Å². The summed E-state index contributed by atoms with van der Waals surface area (Å²) in [5.41, 5.74) is 5.28. The van der Waals surface area contributed by atoms with Gasteiger partial charge in [-0.2, -0.15) is 0 Å². The maximum atomic E-state index is 12.6. The SMILES string of the molecule is CCCC(C)(N)C(=O)N1CCCC(C(=O)Nc2ccc(Cl)cn2)C1. The van der Waals surface area contributed by atoms with Crippen molar-refractivity contribution in [3.05, 3.63) is 23.4 Å². The Bertz CT molecular complexity index is 589. The lowest BCUT2D eigenvalue weighted by Gasteiger charge is -2.37. The lowest BCUT2D eigenvalue weighted by atomic mass is 9.91. The highest BCUT2D eigenvalue weighted by Crippen LogP contribution is 2.22. The monoisotopic (exact) mass is 352 g/mol. The number of hydrogen-bond donors (Lipinski definition) is 2. The second-order valence-electron chi connectivity index (χ2n) is 6.61. The Hall–Kier alpha value is -1.66. The third kappa shape index (κ3) is 4.68. The van der Waals surface area contributed by atoms with Gasteiger partial charge in [-0.25, -0.2) is 4.98 Å². The quantitative estimate of drug-likeness (QED) is 0.851. The van der Waals surface area contributed by atoms with Crippen molar-refractivity contribution in [2.24, 2.45) is 11.7 Å². The van der Waals surface area contributed by atoms with Crippen molar-refractivity contribution in [2.45, 2.75) is 45.1 Å². The first-order valence-electron chi connectivity index (χ1n) is 8.34. The molecule has 0 bridgehead atoms. The number of nitrogens with one attached hydrogen (secondary N) is 1. The van der Waals surface area contributed by atoms with Gasteiger partial charge in [0.1, 0.15) is 5.82 Å². The summed E-state index contributed by atoms with van der Waals surface area (Å²) in [6.45, 7) is 4.82. The molecule has 132 valence electrons. The number of carbonyl (C=O) groups is 2. The summed E-state index contributed by atoms with van der Waals surface area (Å²) < 4.78 is 0. The van der Waals surface area contributed by atoms with Crippen molar-refractivity contribution in [3.63, 3.8) is 0 Å². The predicted octanol–water partition coefficient (Wildman–Crippen LogP) is 2.43. The summed E-state index contributed by atoms with van der Waals surface area (Å²) >= 11 is 5.79. The van der Waals surface area contributed by atoms with Crippen LogP contribution in [0, 0.1) is 5.92 Å². The molecule has 0 saturated carbocycles. The van der Waals surface area contributed by atoms with E-state index in [0.717, 1.165) is 19.3 Å². The summed E-state index contributed by atoms with van der Waals surface area (Å²) in [4.78, 5) is 30.8. The molecule has 1 aromatic heterocycles. The molecule has 2 rings (SSSR count). The number of hydrogen-bond acceptors (Lipinski definition) is 4. The molecule has 0 aliphatic carbocycles. The number of nitrogens with zero attached hydrogens (tertiary/aromatic N) is 2. The molecule has 1 fully saturated rings. The summed E-state index contributed by atoms with van der Waals surface area (Å²) in [6, 6.07) is 3.33. The van der Waals surface area contributed by atoms with Crippen LogP contribution in [-0.2, 0) is 9.59 Å². The van der Waals surface area contributed by atoms with E-state index < -0.39 is 5.54 Å². The summed E-state index contributed by atoms with van der Waals surface area (Å²) in [5.74, 6) is 0.00288. The Kier molecular flexibility index (Phi) is 6.18. The maximum Gasteiger partial charge on any atom is 0.242 e. The van der Waals surface area contributed by atoms with Gasteiger partial charge in [0.05, 0.1) is 16.5 Å². The molecule has 2 atom stereocenters. The van der Waals surface area contributed by atoms with Crippen LogP contribution in [0.25, 0.3) is 0 Å². The average Bonchev–Trinajstić information content (AvgIpc) is 2.56. The molecule has 2 heterocycles. The molecule has 3 N–H and O–H groups in total. The molecule has 0 spiro atoms. The minimum atomic E-state index is -0.870. The molecule has 1 saturated heterocycles. The van der Waals surface area contributed by atoms with E-state index in [1.165, 1.54) is 6.20 Å². The van der Waals surface area contributed by atoms with Crippen molar-refractivity contribution < 1.29 is 9.59 Å². The van der Waals surface area contributed by atoms with E-state index >= 15 is 0 Å². The molecule has 1 aliphatic heterocycles. The molecule has 1 aromatic rings. The summed E-state index contributed by atoms with van der Waals surface area (Å²) in [7, 11) is 0. The topological polar surface area (TPSA) is 88.3 Å². The molecule has 1 aliphatic rings. The van der Waals surface area contributed by atoms with Crippen LogP contribution in [0.4, 0.5) is 5.82 Å². The standard InChI is InChI=1S/C17H25ClN4O2/c1-3-8-17(2,19)16(24)22-9-4-5-12(11-22)15(23)21-14-7-6-13(18)10-20-14/h6-7,10,12H,3-5,8-9,11,19H2,1-2H3,(H,20,21,23). The first-order chi connectivity index (χ1) is 11.3. The van der Waals surface area contributed by atoms with Crippen molar-refractivity contribution in [2.75, 3.05) is 18.4 Å². The molecule has 7 heteroatoms. The molecule has 2 unspecified atom stereocenters. The van der Waals surface area contributed by atoms with E-state index in [-0.39, 0.29) is 17.7 Å². The number of piperidine rings is 1. The fourth-order valence-corrected chi connectivity index (χ4v) is 3.15. The smallest absolute Gasteiger partial charge is 0.242 e. The van der Waals surface area contributed by atoms with Crippen LogP contribution in [0.15, 0.2) is 18.3 Å². The first kappa shape index (κ1) is 18.7. The number of pyridine rings is 1. The molecule has 24 heavy (non-hydrogen) atoms. The molecular formula is C17H25ClN4O2. The Morgan fingerprint density at radius 2 is 2.25 bits per heavy atom. The second kappa shape index (κ2) is 7.94. The van der Waals surface area contributed by atoms with E-state index in [9.17, 15) is 9.59 Å². The average molecular weight is 353 g/mol. The third-order valence-electron chi connectivity index (χ3n) is 4.32. The van der Waals surface area contributed by atoms with Crippen molar-refractivity contribution >= 4 is 29.2 Å². The number of aromatic nitrogens is 1. The minimum absolute atomic E-state index is 0.0773. The normalized spacial score (nSPS) is 20.3. The van der Waals surface area contributed by atoms with E-state index in [4.69, 9.17) is 17.3 Å². The predicted molar refractivity (Wildman–Crippen MR) is 94.7 cm³/mol. The minimum Gasteiger partial charge on any atom is -0.340 e. The van der Waals surface area contributed by atoms with Crippen LogP contribution in [0.2, 0.25) is 5.02 Å². The highest BCUT2D eigenvalue weighted by molar-refractivity contribution is 6.30. The van der Waals surface area contributed by atoms with Gasteiger partial charge in [-0.15, -0.1) is 0 Å². The van der Waals surface area contributed by atoms with Gasteiger partial charge in [-0.05, 0) is 38.3 Å². The lowest BCUT2D eigenvalue weighted by molar-refractivity contribution is -0.139. The number of rotatable bonds is 5. The number of carbonyl (C=O) groups excluding carboxylic acids is 2. The van der Waals surface area contributed by atoms with Crippen LogP contribution in [0.5, 0.6) is 0 Å². The Morgan fingerprint density at radius 3 is 2.88 bits per heavy atom. The lowest BCUT2D eigenvalue weighted by Crippen LogP contribution is -2.56. The van der Waals surface area contributed by atoms with Gasteiger partial charge < -0.3 is 16.0 Å². The zero-order valence-corrected chi connectivity index (χ0v) is 15.0. The van der Waals surface area contributed by atoms with Gasteiger partial charge in [-0.1, -0.05) is 24.9 Å². The molecule has 0 aromatic carbocycles. The van der Waals surface area contributed by atoms with Crippen LogP contribution in [0.1, 0.15) is 39.5 Å². The number of likely N-dealkylation sites (tertiary alicyclic amines) is 1. The highest BCUT2D eigenvalue weighted by Gasteiger charge is 2.36. The van der Waals surface area contributed by atoms with E-state index in [1.807, 2.05) is 6.92 Å². The fraction of sp³-hybridized carbons (Fsp3) is 0.588. The summed E-state index contributed by atoms with van der Waals surface area (Å²) in [5, 5.41) is 3.30. The molecule has 2 amide bonds. The first-order valence-corrected chi connectivity index (χ1v) is 8.72. The van der Waals surface area contributed by atoms with Gasteiger partial charge in [0.15, 0.2) is 0 Å². The molecule has 6 nitrogen and oxygen atoms in total. The number of halogens is 1. The summed E-state index contributed by atoms with van der Waals surface area (Å²) in [6.07, 6.45) is 4.50. The largest absolute Gasteiger partial charge is 0.340 e. The molecular weight excluding hydrogens is 328 g/mol. The third-order valence-corrected chi connectivity index (χ3v) is 4.54. The zero-order valence-electron chi connectivity index (χ0n) is 14.2. The number of amides is 2. The van der Waals surface area contributed by atoms with E-state index in [2.05, 4.69) is 10.3 Å². The van der Waals surface area contributed by atoms with Crippen LogP contribution in [-0.4, -0.2) is 40.3 Å². The fourth-order valence-electron chi connectivity index (χ4n) is 3.04. The maximum absolute atomic E-state index is 12.6.